The van der Waals surface area contributed by atoms with Crippen molar-refractivity contribution in [1.29, 1.82) is 0 Å². The highest BCUT2D eigenvalue weighted by atomic mass is 19.4. The van der Waals surface area contributed by atoms with Gasteiger partial charge in [-0.05, 0) is 60.7 Å². The van der Waals surface area contributed by atoms with E-state index >= 15 is 0 Å². The first-order valence-corrected chi connectivity index (χ1v) is 13.2. The van der Waals surface area contributed by atoms with Crippen molar-refractivity contribution in [2.24, 2.45) is 0 Å². The van der Waals surface area contributed by atoms with Crippen molar-refractivity contribution < 1.29 is 22.7 Å². The van der Waals surface area contributed by atoms with Crippen LogP contribution >= 0.6 is 0 Å². The summed E-state index contributed by atoms with van der Waals surface area (Å²) in [5.74, 6) is -0.183. The highest BCUT2D eigenvalue weighted by Gasteiger charge is 2.39. The third-order valence-corrected chi connectivity index (χ3v) is 7.73. The van der Waals surface area contributed by atoms with Gasteiger partial charge in [0.2, 0.25) is 0 Å². The number of rotatable bonds is 9. The van der Waals surface area contributed by atoms with Crippen molar-refractivity contribution in [1.82, 2.24) is 4.90 Å². The van der Waals surface area contributed by atoms with E-state index in [0.717, 1.165) is 62.9 Å². The zero-order valence-corrected chi connectivity index (χ0v) is 22.0. The number of esters is 1. The van der Waals surface area contributed by atoms with Crippen LogP contribution in [0.25, 0.3) is 11.1 Å². The Morgan fingerprint density at radius 1 is 0.868 bits per heavy atom. The van der Waals surface area contributed by atoms with E-state index in [2.05, 4.69) is 9.80 Å². The van der Waals surface area contributed by atoms with Gasteiger partial charge in [-0.25, -0.2) is 0 Å². The summed E-state index contributed by atoms with van der Waals surface area (Å²) in [4.78, 5) is 17.5. The molecule has 0 aromatic heterocycles. The zero-order chi connectivity index (χ0) is 27.2. The topological polar surface area (TPSA) is 32.8 Å². The molecule has 1 atom stereocenters. The summed E-state index contributed by atoms with van der Waals surface area (Å²) in [6, 6.07) is 22.9. The molecule has 4 nitrogen and oxygen atoms in total. The van der Waals surface area contributed by atoms with Crippen LogP contribution in [0.3, 0.4) is 0 Å². The molecule has 1 unspecified atom stereocenters. The van der Waals surface area contributed by atoms with Gasteiger partial charge in [-0.2, -0.15) is 13.2 Å². The minimum absolute atomic E-state index is 0.183. The van der Waals surface area contributed by atoms with Gasteiger partial charge in [0.25, 0.3) is 0 Å². The summed E-state index contributed by atoms with van der Waals surface area (Å²) < 4.78 is 45.5. The van der Waals surface area contributed by atoms with Crippen LogP contribution in [-0.2, 0) is 21.1 Å². The predicted molar refractivity (Wildman–Crippen MR) is 145 cm³/mol. The number of nitrogens with zero attached hydrogens (tertiary/aromatic N) is 2. The maximum atomic E-state index is 13.4. The average Bonchev–Trinajstić information content (AvgIpc) is 2.95. The van der Waals surface area contributed by atoms with Gasteiger partial charge in [0.1, 0.15) is 0 Å². The van der Waals surface area contributed by atoms with E-state index in [0.29, 0.717) is 12.0 Å². The van der Waals surface area contributed by atoms with Gasteiger partial charge in [-0.1, -0.05) is 67.6 Å². The standard InChI is InChI=1S/C31H35F3N2O2/c1-3-30(29(37)38-2,25-10-5-4-6-11-25)18-9-19-35-20-22-36(23-21-35)26-16-14-24(15-17-26)27-12-7-8-13-28(27)31(32,33)34/h4-8,10-17H,3,9,18-23H2,1-2H3. The first-order chi connectivity index (χ1) is 18.3. The molecule has 3 aromatic rings. The molecule has 1 saturated heterocycles. The first kappa shape index (κ1) is 27.7. The lowest BCUT2D eigenvalue weighted by atomic mass is 9.74. The van der Waals surface area contributed by atoms with Crippen LogP contribution in [0.2, 0.25) is 0 Å². The lowest BCUT2D eigenvalue weighted by Crippen LogP contribution is -2.47. The number of benzene rings is 3. The monoisotopic (exact) mass is 524 g/mol. The number of hydrogen-bond acceptors (Lipinski definition) is 4. The molecule has 1 heterocycles. The highest BCUT2D eigenvalue weighted by molar-refractivity contribution is 5.83. The van der Waals surface area contributed by atoms with Crippen molar-refractivity contribution in [3.05, 3.63) is 90.0 Å². The van der Waals surface area contributed by atoms with Crippen LogP contribution in [0.5, 0.6) is 0 Å². The smallest absolute Gasteiger partial charge is 0.417 e. The minimum atomic E-state index is -4.39. The van der Waals surface area contributed by atoms with Crippen molar-refractivity contribution in [2.45, 2.75) is 37.8 Å². The number of hydrogen-bond donors (Lipinski definition) is 0. The van der Waals surface area contributed by atoms with Crippen LogP contribution in [0.1, 0.15) is 37.3 Å². The molecule has 0 spiro atoms. The molecule has 0 aliphatic carbocycles. The number of carbonyl (C=O) groups excluding carboxylic acids is 1. The summed E-state index contributed by atoms with van der Waals surface area (Å²) in [5.41, 5.74) is 1.52. The molecule has 1 aliphatic heterocycles. The summed E-state index contributed by atoms with van der Waals surface area (Å²) >= 11 is 0. The van der Waals surface area contributed by atoms with Crippen LogP contribution < -0.4 is 4.90 Å². The van der Waals surface area contributed by atoms with Crippen LogP contribution in [0.4, 0.5) is 18.9 Å². The van der Waals surface area contributed by atoms with Crippen LogP contribution in [0, 0.1) is 0 Å². The maximum absolute atomic E-state index is 13.4. The summed E-state index contributed by atoms with van der Waals surface area (Å²) in [7, 11) is 1.45. The van der Waals surface area contributed by atoms with E-state index in [9.17, 15) is 18.0 Å². The van der Waals surface area contributed by atoms with E-state index in [1.807, 2.05) is 49.4 Å². The van der Waals surface area contributed by atoms with Crippen molar-refractivity contribution in [3.63, 3.8) is 0 Å². The third kappa shape index (κ3) is 6.04. The quantitative estimate of drug-likeness (QED) is 0.289. The van der Waals surface area contributed by atoms with Gasteiger partial charge in [-0.15, -0.1) is 0 Å². The van der Waals surface area contributed by atoms with E-state index in [4.69, 9.17) is 4.74 Å². The fourth-order valence-corrected chi connectivity index (χ4v) is 5.51. The van der Waals surface area contributed by atoms with Gasteiger partial charge in [0, 0.05) is 31.9 Å². The number of ether oxygens (including phenoxy) is 1. The average molecular weight is 525 g/mol. The van der Waals surface area contributed by atoms with Gasteiger partial charge >= 0.3 is 12.1 Å². The molecule has 0 N–H and O–H groups in total. The SMILES string of the molecule is CCC(CCCN1CCN(c2ccc(-c3ccccc3C(F)(F)F)cc2)CC1)(C(=O)OC)c1ccccc1. The van der Waals surface area contributed by atoms with E-state index < -0.39 is 17.2 Å². The Morgan fingerprint density at radius 2 is 1.50 bits per heavy atom. The second-order valence-electron chi connectivity index (χ2n) is 9.82. The summed E-state index contributed by atoms with van der Waals surface area (Å²) in [6.45, 7) is 6.39. The van der Waals surface area contributed by atoms with Crippen LogP contribution in [-0.4, -0.2) is 50.7 Å². The first-order valence-electron chi connectivity index (χ1n) is 13.2. The number of alkyl halides is 3. The Hall–Kier alpha value is -3.32. The molecule has 7 heteroatoms. The van der Waals surface area contributed by atoms with E-state index in [1.165, 1.54) is 19.2 Å². The second-order valence-corrected chi connectivity index (χ2v) is 9.82. The molecule has 4 rings (SSSR count). The van der Waals surface area contributed by atoms with Crippen LogP contribution in [0.15, 0.2) is 78.9 Å². The molecule has 1 fully saturated rings. The largest absolute Gasteiger partial charge is 0.468 e. The molecule has 0 amide bonds. The zero-order valence-electron chi connectivity index (χ0n) is 22.0. The van der Waals surface area contributed by atoms with Crippen molar-refractivity contribution in [3.8, 4) is 11.1 Å². The van der Waals surface area contributed by atoms with Gasteiger partial charge in [0.15, 0.2) is 0 Å². The van der Waals surface area contributed by atoms with Crippen molar-refractivity contribution in [2.75, 3.05) is 44.7 Å². The maximum Gasteiger partial charge on any atom is 0.417 e. The fourth-order valence-electron chi connectivity index (χ4n) is 5.51. The van der Waals surface area contributed by atoms with Gasteiger partial charge in [-0.3, -0.25) is 9.69 Å². The molecular formula is C31H35F3N2O2. The number of piperazine rings is 1. The third-order valence-electron chi connectivity index (χ3n) is 7.73. The molecule has 0 radical (unpaired) electrons. The molecule has 1 aliphatic rings. The number of methoxy groups -OCH3 is 1. The highest BCUT2D eigenvalue weighted by Crippen LogP contribution is 2.38. The van der Waals surface area contributed by atoms with Crippen molar-refractivity contribution >= 4 is 11.7 Å². The Balaban J connectivity index is 1.34. The van der Waals surface area contributed by atoms with Gasteiger partial charge < -0.3 is 9.64 Å². The summed E-state index contributed by atoms with van der Waals surface area (Å²) in [5, 5.41) is 0. The molecular weight excluding hydrogens is 489 g/mol. The fraction of sp³-hybridized carbons (Fsp3) is 0.387. The lowest BCUT2D eigenvalue weighted by Gasteiger charge is -2.37. The lowest BCUT2D eigenvalue weighted by molar-refractivity contribution is -0.148. The molecule has 38 heavy (non-hydrogen) atoms. The van der Waals surface area contributed by atoms with E-state index in [-0.39, 0.29) is 11.5 Å². The molecule has 0 bridgehead atoms. The normalized spacial score (nSPS) is 16.2. The second kappa shape index (κ2) is 12.0. The summed E-state index contributed by atoms with van der Waals surface area (Å²) in [6.07, 6.45) is -2.10. The Kier molecular flexibility index (Phi) is 8.77. The minimum Gasteiger partial charge on any atom is -0.468 e. The van der Waals surface area contributed by atoms with E-state index in [1.54, 1.807) is 18.2 Å². The number of anilines is 1. The number of carbonyl (C=O) groups is 1. The Morgan fingerprint density at radius 3 is 2.11 bits per heavy atom. The Bertz CT molecular complexity index is 1190. The molecule has 0 saturated carbocycles. The molecule has 202 valence electrons. The van der Waals surface area contributed by atoms with Gasteiger partial charge in [0.05, 0.1) is 18.1 Å². The molecule has 3 aromatic carbocycles. The predicted octanol–water partition coefficient (Wildman–Crippen LogP) is 6.80. The number of halogens is 3. The Labute approximate surface area is 223 Å².